The smallest absolute Gasteiger partial charge is 0.312 e. The fraction of sp³-hybridized carbons (Fsp3) is 0.800. The van der Waals surface area contributed by atoms with Crippen LogP contribution in [0.3, 0.4) is 0 Å². The van der Waals surface area contributed by atoms with Gasteiger partial charge < -0.3 is 9.84 Å². The third-order valence-corrected chi connectivity index (χ3v) is 2.26. The molecule has 0 aromatic rings. The molecule has 0 aromatic carbocycles. The van der Waals surface area contributed by atoms with Crippen LogP contribution in [0.5, 0.6) is 0 Å². The molecule has 0 rings (SSSR count). The van der Waals surface area contributed by atoms with Gasteiger partial charge in [0.2, 0.25) is 0 Å². The van der Waals surface area contributed by atoms with E-state index in [1.54, 1.807) is 20.8 Å². The van der Waals surface area contributed by atoms with Crippen LogP contribution in [0.2, 0.25) is 0 Å². The lowest BCUT2D eigenvalue weighted by atomic mass is 9.80. The van der Waals surface area contributed by atoms with Gasteiger partial charge in [-0.2, -0.15) is 0 Å². The van der Waals surface area contributed by atoms with E-state index >= 15 is 0 Å². The summed E-state index contributed by atoms with van der Waals surface area (Å²) in [6.45, 7) is 8.81. The maximum Gasteiger partial charge on any atom is 0.312 e. The van der Waals surface area contributed by atoms with Crippen LogP contribution in [0.25, 0.3) is 0 Å². The Morgan fingerprint density at radius 3 is 2.07 bits per heavy atom. The standard InChI is InChI=1S/C10H18O3S/c1-6(2)8(13-7(3)14)10(4,5)9(11)12/h6,8H,1-5H3,(H,11,12). The molecule has 0 bridgehead atoms. The van der Waals surface area contributed by atoms with Crippen molar-refractivity contribution in [2.45, 2.75) is 40.7 Å². The Balaban J connectivity index is 4.81. The maximum absolute atomic E-state index is 11.0. The van der Waals surface area contributed by atoms with Crippen LogP contribution >= 0.6 is 12.2 Å². The van der Waals surface area contributed by atoms with E-state index in [0.717, 1.165) is 0 Å². The first-order chi connectivity index (χ1) is 6.19. The molecule has 82 valence electrons. The van der Waals surface area contributed by atoms with E-state index in [-0.39, 0.29) is 5.92 Å². The molecule has 0 aromatic heterocycles. The van der Waals surface area contributed by atoms with E-state index < -0.39 is 17.5 Å². The number of carboxylic acids is 1. The summed E-state index contributed by atoms with van der Waals surface area (Å²) < 4.78 is 5.39. The van der Waals surface area contributed by atoms with Gasteiger partial charge >= 0.3 is 5.97 Å². The van der Waals surface area contributed by atoms with Gasteiger partial charge in [0, 0.05) is 6.92 Å². The molecule has 0 amide bonds. The van der Waals surface area contributed by atoms with Crippen LogP contribution < -0.4 is 0 Å². The highest BCUT2D eigenvalue weighted by Gasteiger charge is 2.40. The summed E-state index contributed by atoms with van der Waals surface area (Å²) in [6.07, 6.45) is -0.391. The summed E-state index contributed by atoms with van der Waals surface area (Å²) in [7, 11) is 0. The van der Waals surface area contributed by atoms with Gasteiger partial charge in [-0.15, -0.1) is 0 Å². The molecule has 14 heavy (non-hydrogen) atoms. The van der Waals surface area contributed by atoms with E-state index in [1.165, 1.54) is 0 Å². The van der Waals surface area contributed by atoms with Crippen molar-refractivity contribution >= 4 is 23.2 Å². The van der Waals surface area contributed by atoms with Gasteiger partial charge in [-0.25, -0.2) is 0 Å². The van der Waals surface area contributed by atoms with Gasteiger partial charge in [0.25, 0.3) is 0 Å². The number of thiocarbonyl (C=S) groups is 1. The molecule has 0 spiro atoms. The molecule has 0 radical (unpaired) electrons. The van der Waals surface area contributed by atoms with Crippen LogP contribution in [0.1, 0.15) is 34.6 Å². The van der Waals surface area contributed by atoms with Crippen molar-refractivity contribution in [1.29, 1.82) is 0 Å². The Hall–Kier alpha value is -0.640. The van der Waals surface area contributed by atoms with E-state index in [2.05, 4.69) is 0 Å². The summed E-state index contributed by atoms with van der Waals surface area (Å²) in [5, 5.41) is 9.44. The maximum atomic E-state index is 11.0. The van der Waals surface area contributed by atoms with Crippen molar-refractivity contribution in [3.63, 3.8) is 0 Å². The number of hydrogen-bond donors (Lipinski definition) is 1. The Morgan fingerprint density at radius 1 is 1.43 bits per heavy atom. The second kappa shape index (κ2) is 4.73. The molecular weight excluding hydrogens is 200 g/mol. The number of rotatable bonds is 4. The lowest BCUT2D eigenvalue weighted by Crippen LogP contribution is -2.43. The fourth-order valence-corrected chi connectivity index (χ4v) is 1.52. The van der Waals surface area contributed by atoms with Crippen LogP contribution in [-0.2, 0) is 9.53 Å². The number of aliphatic carboxylic acids is 1. The minimum Gasteiger partial charge on any atom is -0.483 e. The molecule has 0 saturated carbocycles. The zero-order valence-corrected chi connectivity index (χ0v) is 10.1. The van der Waals surface area contributed by atoms with Crippen molar-refractivity contribution in [3.05, 3.63) is 0 Å². The predicted molar refractivity (Wildman–Crippen MR) is 59.4 cm³/mol. The molecule has 0 aliphatic rings. The summed E-state index contributed by atoms with van der Waals surface area (Å²) in [4.78, 5) is 11.0. The lowest BCUT2D eigenvalue weighted by Gasteiger charge is -2.33. The molecule has 0 heterocycles. The Bertz CT molecular complexity index is 234. The number of carboxylic acid groups (broad SMARTS) is 1. The summed E-state index contributed by atoms with van der Waals surface area (Å²) in [6, 6.07) is 0. The number of ether oxygens (including phenoxy) is 1. The first-order valence-corrected chi connectivity index (χ1v) is 5.01. The number of hydrogen-bond acceptors (Lipinski definition) is 3. The predicted octanol–water partition coefficient (Wildman–Crippen LogP) is 2.49. The molecule has 1 atom stereocenters. The fourth-order valence-electron chi connectivity index (χ4n) is 1.42. The average Bonchev–Trinajstić information content (AvgIpc) is 1.98. The summed E-state index contributed by atoms with van der Waals surface area (Å²) in [5.74, 6) is -0.758. The average molecular weight is 218 g/mol. The summed E-state index contributed by atoms with van der Waals surface area (Å²) >= 11 is 4.83. The third-order valence-electron chi connectivity index (χ3n) is 2.16. The van der Waals surface area contributed by atoms with Gasteiger partial charge in [-0.3, -0.25) is 4.79 Å². The van der Waals surface area contributed by atoms with E-state index in [0.29, 0.717) is 5.05 Å². The minimum atomic E-state index is -0.922. The second-order valence-electron chi connectivity index (χ2n) is 4.30. The van der Waals surface area contributed by atoms with Crippen molar-refractivity contribution in [2.24, 2.45) is 11.3 Å². The van der Waals surface area contributed by atoms with Crippen molar-refractivity contribution < 1.29 is 14.6 Å². The lowest BCUT2D eigenvalue weighted by molar-refractivity contribution is -0.154. The monoisotopic (exact) mass is 218 g/mol. The van der Waals surface area contributed by atoms with Crippen LogP contribution in [0.15, 0.2) is 0 Å². The van der Waals surface area contributed by atoms with Crippen molar-refractivity contribution in [3.8, 4) is 0 Å². The van der Waals surface area contributed by atoms with Gasteiger partial charge in [-0.1, -0.05) is 13.8 Å². The van der Waals surface area contributed by atoms with Crippen LogP contribution in [0.4, 0.5) is 0 Å². The van der Waals surface area contributed by atoms with Gasteiger partial charge in [-0.05, 0) is 32.0 Å². The molecule has 0 fully saturated rings. The van der Waals surface area contributed by atoms with E-state index in [4.69, 9.17) is 22.1 Å². The highest BCUT2D eigenvalue weighted by atomic mass is 32.1. The Kier molecular flexibility index (Phi) is 4.52. The molecule has 0 saturated heterocycles. The van der Waals surface area contributed by atoms with Gasteiger partial charge in [0.15, 0.2) is 5.05 Å². The molecule has 1 unspecified atom stereocenters. The van der Waals surface area contributed by atoms with Gasteiger partial charge in [0.1, 0.15) is 6.10 Å². The highest BCUT2D eigenvalue weighted by molar-refractivity contribution is 7.80. The van der Waals surface area contributed by atoms with Crippen molar-refractivity contribution in [1.82, 2.24) is 0 Å². The quantitative estimate of drug-likeness (QED) is 0.736. The van der Waals surface area contributed by atoms with Gasteiger partial charge in [0.05, 0.1) is 5.41 Å². The number of carbonyl (C=O) groups is 1. The van der Waals surface area contributed by atoms with E-state index in [9.17, 15) is 4.79 Å². The normalized spacial score (nSPS) is 13.9. The summed E-state index contributed by atoms with van der Waals surface area (Å²) in [5.41, 5.74) is -0.922. The first-order valence-electron chi connectivity index (χ1n) is 4.60. The van der Waals surface area contributed by atoms with Crippen LogP contribution in [0, 0.1) is 11.3 Å². The molecule has 4 heteroatoms. The third kappa shape index (κ3) is 3.25. The van der Waals surface area contributed by atoms with E-state index in [1.807, 2.05) is 13.8 Å². The molecule has 3 nitrogen and oxygen atoms in total. The topological polar surface area (TPSA) is 46.5 Å². The second-order valence-corrected chi connectivity index (χ2v) is 4.88. The SMILES string of the molecule is CC(=S)OC(C(C)C)C(C)(C)C(=O)O. The molecule has 1 N–H and O–H groups in total. The molecule has 0 aliphatic carbocycles. The first kappa shape index (κ1) is 13.4. The highest BCUT2D eigenvalue weighted by Crippen LogP contribution is 2.29. The Morgan fingerprint density at radius 2 is 1.86 bits per heavy atom. The molecular formula is C10H18O3S. The largest absolute Gasteiger partial charge is 0.483 e. The van der Waals surface area contributed by atoms with Crippen LogP contribution in [-0.4, -0.2) is 22.2 Å². The minimum absolute atomic E-state index is 0.110. The van der Waals surface area contributed by atoms with Crippen molar-refractivity contribution in [2.75, 3.05) is 0 Å². The molecule has 0 aliphatic heterocycles. The zero-order chi connectivity index (χ0) is 11.5. The zero-order valence-electron chi connectivity index (χ0n) is 9.33. The Labute approximate surface area is 90.5 Å².